The average Bonchev–Trinajstić information content (AvgIpc) is 2.30. The van der Waals surface area contributed by atoms with Gasteiger partial charge in [0.1, 0.15) is 0 Å². The van der Waals surface area contributed by atoms with Gasteiger partial charge in [-0.15, -0.1) is 0 Å². The summed E-state index contributed by atoms with van der Waals surface area (Å²) in [6.45, 7) is 6.37. The van der Waals surface area contributed by atoms with Crippen LogP contribution in [0.25, 0.3) is 0 Å². The molecule has 2 heterocycles. The lowest BCUT2D eigenvalue weighted by molar-refractivity contribution is 0.311. The van der Waals surface area contributed by atoms with Crippen LogP contribution in [0, 0.1) is 0 Å². The van der Waals surface area contributed by atoms with Crippen molar-refractivity contribution in [3.05, 3.63) is 18.0 Å². The number of aromatic nitrogens is 2. The van der Waals surface area contributed by atoms with Crippen molar-refractivity contribution < 1.29 is 0 Å². The molecule has 1 aromatic heterocycles. The van der Waals surface area contributed by atoms with Crippen LogP contribution in [-0.4, -0.2) is 48.1 Å². The monoisotopic (exact) mass is 206 g/mol. The maximum atomic E-state index is 4.39. The van der Waals surface area contributed by atoms with Gasteiger partial charge in [0.15, 0.2) is 0 Å². The lowest BCUT2D eigenvalue weighted by atomic mass is 10.3. The van der Waals surface area contributed by atoms with Crippen molar-refractivity contribution in [2.75, 3.05) is 38.1 Å². The maximum absolute atomic E-state index is 4.39. The topological polar surface area (TPSA) is 32.3 Å². The average molecular weight is 206 g/mol. The number of aryl methyl sites for hydroxylation is 1. The van der Waals surface area contributed by atoms with Crippen LogP contribution >= 0.6 is 0 Å². The highest BCUT2D eigenvalue weighted by Crippen LogP contribution is 2.09. The molecular formula is C11H18N4. The first-order valence-electron chi connectivity index (χ1n) is 5.54. The van der Waals surface area contributed by atoms with Gasteiger partial charge in [0.25, 0.3) is 0 Å². The lowest BCUT2D eigenvalue weighted by Gasteiger charge is -2.32. The third-order valence-electron chi connectivity index (χ3n) is 2.89. The zero-order chi connectivity index (χ0) is 10.7. The van der Waals surface area contributed by atoms with Crippen LogP contribution in [0.2, 0.25) is 0 Å². The molecule has 0 unspecified atom stereocenters. The van der Waals surface area contributed by atoms with Crippen LogP contribution in [0.4, 0.5) is 5.95 Å². The first kappa shape index (κ1) is 10.4. The van der Waals surface area contributed by atoms with E-state index in [1.165, 1.54) is 5.56 Å². The summed E-state index contributed by atoms with van der Waals surface area (Å²) >= 11 is 0. The van der Waals surface area contributed by atoms with Gasteiger partial charge in [-0.2, -0.15) is 0 Å². The van der Waals surface area contributed by atoms with Crippen molar-refractivity contribution in [3.63, 3.8) is 0 Å². The summed E-state index contributed by atoms with van der Waals surface area (Å²) < 4.78 is 0. The Balaban J connectivity index is 2.03. The molecule has 0 spiro atoms. The predicted octanol–water partition coefficient (Wildman–Crippen LogP) is 0.791. The van der Waals surface area contributed by atoms with E-state index in [0.717, 1.165) is 38.5 Å². The second-order valence-electron chi connectivity index (χ2n) is 4.04. The SMILES string of the molecule is CCc1cnc(N2CCN(C)CC2)nc1. The fourth-order valence-corrected chi connectivity index (χ4v) is 1.70. The van der Waals surface area contributed by atoms with Gasteiger partial charge < -0.3 is 9.80 Å². The highest BCUT2D eigenvalue weighted by atomic mass is 15.3. The molecule has 0 saturated carbocycles. The lowest BCUT2D eigenvalue weighted by Crippen LogP contribution is -2.45. The minimum atomic E-state index is 0.875. The Kier molecular flexibility index (Phi) is 3.16. The van der Waals surface area contributed by atoms with E-state index in [0.29, 0.717) is 0 Å². The van der Waals surface area contributed by atoms with Crippen LogP contribution < -0.4 is 4.90 Å². The van der Waals surface area contributed by atoms with E-state index in [-0.39, 0.29) is 0 Å². The second kappa shape index (κ2) is 4.57. The van der Waals surface area contributed by atoms with Crippen LogP contribution in [-0.2, 0) is 6.42 Å². The Morgan fingerprint density at radius 3 is 2.27 bits per heavy atom. The normalized spacial score (nSPS) is 18.1. The maximum Gasteiger partial charge on any atom is 0.225 e. The molecule has 1 aliphatic rings. The van der Waals surface area contributed by atoms with Gasteiger partial charge in [-0.1, -0.05) is 6.92 Å². The van der Waals surface area contributed by atoms with Crippen molar-refractivity contribution in [3.8, 4) is 0 Å². The number of hydrogen-bond donors (Lipinski definition) is 0. The summed E-state index contributed by atoms with van der Waals surface area (Å²) in [4.78, 5) is 13.4. The van der Waals surface area contributed by atoms with Crippen LogP contribution in [0.15, 0.2) is 12.4 Å². The van der Waals surface area contributed by atoms with Gasteiger partial charge in [-0.05, 0) is 19.0 Å². The van der Waals surface area contributed by atoms with E-state index in [1.807, 2.05) is 12.4 Å². The van der Waals surface area contributed by atoms with Gasteiger partial charge in [0, 0.05) is 38.6 Å². The summed E-state index contributed by atoms with van der Waals surface area (Å²) in [5.74, 6) is 0.875. The van der Waals surface area contributed by atoms with Crippen LogP contribution in [0.3, 0.4) is 0 Å². The first-order valence-corrected chi connectivity index (χ1v) is 5.54. The molecular weight excluding hydrogens is 188 g/mol. The second-order valence-corrected chi connectivity index (χ2v) is 4.04. The smallest absolute Gasteiger partial charge is 0.225 e. The number of rotatable bonds is 2. The van der Waals surface area contributed by atoms with Crippen molar-refractivity contribution in [2.45, 2.75) is 13.3 Å². The largest absolute Gasteiger partial charge is 0.338 e. The highest BCUT2D eigenvalue weighted by Gasteiger charge is 2.15. The fraction of sp³-hybridized carbons (Fsp3) is 0.636. The molecule has 82 valence electrons. The Morgan fingerprint density at radius 2 is 1.73 bits per heavy atom. The summed E-state index contributed by atoms with van der Waals surface area (Å²) in [7, 11) is 2.15. The number of likely N-dealkylation sites (N-methyl/N-ethyl adjacent to an activating group) is 1. The molecule has 2 rings (SSSR count). The van der Waals surface area contributed by atoms with E-state index < -0.39 is 0 Å². The summed E-state index contributed by atoms with van der Waals surface area (Å²) in [5, 5.41) is 0. The van der Waals surface area contributed by atoms with Gasteiger partial charge >= 0.3 is 0 Å². The molecule has 1 aliphatic heterocycles. The number of piperazine rings is 1. The summed E-state index contributed by atoms with van der Waals surface area (Å²) in [6, 6.07) is 0. The fourth-order valence-electron chi connectivity index (χ4n) is 1.70. The first-order chi connectivity index (χ1) is 7.29. The minimum absolute atomic E-state index is 0.875. The molecule has 4 heteroatoms. The summed E-state index contributed by atoms with van der Waals surface area (Å²) in [6.07, 6.45) is 4.87. The molecule has 1 saturated heterocycles. The molecule has 0 atom stereocenters. The van der Waals surface area contributed by atoms with Crippen molar-refractivity contribution in [2.24, 2.45) is 0 Å². The van der Waals surface area contributed by atoms with Crippen molar-refractivity contribution in [1.29, 1.82) is 0 Å². The number of hydrogen-bond acceptors (Lipinski definition) is 4. The van der Waals surface area contributed by atoms with E-state index >= 15 is 0 Å². The third kappa shape index (κ3) is 2.45. The molecule has 15 heavy (non-hydrogen) atoms. The standard InChI is InChI=1S/C11H18N4/c1-3-10-8-12-11(13-9-10)15-6-4-14(2)5-7-15/h8-9H,3-7H2,1-2H3. The molecule has 0 aliphatic carbocycles. The van der Waals surface area contributed by atoms with Gasteiger partial charge in [0.05, 0.1) is 0 Å². The highest BCUT2D eigenvalue weighted by molar-refractivity contribution is 5.30. The molecule has 0 aromatic carbocycles. The van der Waals surface area contributed by atoms with Gasteiger partial charge in [-0.3, -0.25) is 0 Å². The molecule has 4 nitrogen and oxygen atoms in total. The minimum Gasteiger partial charge on any atom is -0.338 e. The quantitative estimate of drug-likeness (QED) is 0.716. The summed E-state index contributed by atoms with van der Waals surface area (Å²) in [5.41, 5.74) is 1.20. The Bertz CT molecular complexity index is 301. The zero-order valence-corrected chi connectivity index (χ0v) is 9.48. The van der Waals surface area contributed by atoms with Gasteiger partial charge in [0.2, 0.25) is 5.95 Å². The molecule has 0 N–H and O–H groups in total. The number of anilines is 1. The Labute approximate surface area is 90.9 Å². The van der Waals surface area contributed by atoms with Crippen molar-refractivity contribution >= 4 is 5.95 Å². The van der Waals surface area contributed by atoms with E-state index in [2.05, 4.69) is 33.7 Å². The van der Waals surface area contributed by atoms with E-state index in [9.17, 15) is 0 Å². The third-order valence-corrected chi connectivity index (χ3v) is 2.89. The molecule has 0 amide bonds. The van der Waals surface area contributed by atoms with Crippen molar-refractivity contribution in [1.82, 2.24) is 14.9 Å². The van der Waals surface area contributed by atoms with Crippen LogP contribution in [0.5, 0.6) is 0 Å². The molecule has 0 radical (unpaired) electrons. The van der Waals surface area contributed by atoms with Crippen LogP contribution in [0.1, 0.15) is 12.5 Å². The molecule has 1 aromatic rings. The molecule has 1 fully saturated rings. The Morgan fingerprint density at radius 1 is 1.13 bits per heavy atom. The van der Waals surface area contributed by atoms with Gasteiger partial charge in [-0.25, -0.2) is 9.97 Å². The predicted molar refractivity (Wildman–Crippen MR) is 61.1 cm³/mol. The van der Waals surface area contributed by atoms with E-state index in [4.69, 9.17) is 0 Å². The molecule has 0 bridgehead atoms. The van der Waals surface area contributed by atoms with E-state index in [1.54, 1.807) is 0 Å². The number of nitrogens with zero attached hydrogens (tertiary/aromatic N) is 4. The zero-order valence-electron chi connectivity index (χ0n) is 9.48. The Hall–Kier alpha value is -1.16.